The quantitative estimate of drug-likeness (QED) is 0.766. The molecule has 2 aromatic rings. The number of benzene rings is 1. The zero-order valence-corrected chi connectivity index (χ0v) is 9.26. The van der Waals surface area contributed by atoms with Crippen LogP contribution in [0.1, 0.15) is 17.3 Å². The highest BCUT2D eigenvalue weighted by Gasteiger charge is 2.23. The van der Waals surface area contributed by atoms with Crippen LogP contribution in [0, 0.1) is 0 Å². The second-order valence-electron chi connectivity index (χ2n) is 4.17. The molecule has 0 aliphatic carbocycles. The summed E-state index contributed by atoms with van der Waals surface area (Å²) in [5, 5.41) is 0. The summed E-state index contributed by atoms with van der Waals surface area (Å²) in [6.45, 7) is 1.03. The predicted molar refractivity (Wildman–Crippen MR) is 61.7 cm³/mol. The van der Waals surface area contributed by atoms with Gasteiger partial charge in [-0.3, -0.25) is 0 Å². The number of hydrogen-bond acceptors (Lipinski definition) is 2. The van der Waals surface area contributed by atoms with Gasteiger partial charge in [-0.1, -0.05) is 12.1 Å². The number of fused-ring (bicyclic) bond motifs is 1. The van der Waals surface area contributed by atoms with Gasteiger partial charge in [0.25, 0.3) is 0 Å². The monoisotopic (exact) mass is 214 g/mol. The van der Waals surface area contributed by atoms with E-state index in [1.54, 1.807) is 7.11 Å². The van der Waals surface area contributed by atoms with Crippen molar-refractivity contribution in [2.45, 2.75) is 18.9 Å². The van der Waals surface area contributed by atoms with Gasteiger partial charge in [-0.05, 0) is 17.7 Å². The van der Waals surface area contributed by atoms with Gasteiger partial charge < -0.3 is 9.30 Å². The second kappa shape index (κ2) is 3.67. The second-order valence-corrected chi connectivity index (χ2v) is 4.17. The Labute approximate surface area is 94.7 Å². The van der Waals surface area contributed by atoms with Crippen molar-refractivity contribution in [2.75, 3.05) is 7.11 Å². The molecule has 1 aromatic carbocycles. The molecular formula is C13H14N2O. The van der Waals surface area contributed by atoms with E-state index in [4.69, 9.17) is 4.74 Å². The lowest BCUT2D eigenvalue weighted by Gasteiger charge is -2.10. The maximum atomic E-state index is 5.25. The number of rotatable bonds is 2. The number of nitrogens with zero attached hydrogens (tertiary/aromatic N) is 2. The molecule has 1 aliphatic heterocycles. The Kier molecular flexibility index (Phi) is 2.17. The minimum atomic E-state index is 0.541. The molecule has 0 fully saturated rings. The number of imidazole rings is 1. The molecule has 0 bridgehead atoms. The van der Waals surface area contributed by atoms with E-state index in [1.807, 2.05) is 12.3 Å². The molecule has 3 nitrogen and oxygen atoms in total. The van der Waals surface area contributed by atoms with Gasteiger partial charge in [0.1, 0.15) is 11.6 Å². The van der Waals surface area contributed by atoms with E-state index in [-0.39, 0.29) is 0 Å². The summed E-state index contributed by atoms with van der Waals surface area (Å²) in [7, 11) is 1.71. The van der Waals surface area contributed by atoms with Crippen molar-refractivity contribution in [3.8, 4) is 5.75 Å². The predicted octanol–water partition coefficient (Wildman–Crippen LogP) is 2.23. The van der Waals surface area contributed by atoms with E-state index in [9.17, 15) is 0 Å². The third-order valence-corrected chi connectivity index (χ3v) is 3.21. The van der Waals surface area contributed by atoms with Gasteiger partial charge in [-0.25, -0.2) is 4.98 Å². The van der Waals surface area contributed by atoms with Crippen molar-refractivity contribution in [1.82, 2.24) is 9.55 Å². The fraction of sp³-hybridized carbons (Fsp3) is 0.308. The highest BCUT2D eigenvalue weighted by molar-refractivity contribution is 5.32. The summed E-state index contributed by atoms with van der Waals surface area (Å²) in [5.41, 5.74) is 1.34. The molecule has 0 N–H and O–H groups in total. The van der Waals surface area contributed by atoms with Crippen molar-refractivity contribution in [1.29, 1.82) is 0 Å². The van der Waals surface area contributed by atoms with Crippen LogP contribution < -0.4 is 4.74 Å². The van der Waals surface area contributed by atoms with E-state index < -0.39 is 0 Å². The number of aromatic nitrogens is 2. The Morgan fingerprint density at radius 2 is 2.38 bits per heavy atom. The Morgan fingerprint density at radius 3 is 3.19 bits per heavy atom. The maximum Gasteiger partial charge on any atom is 0.119 e. The molecule has 3 heteroatoms. The van der Waals surface area contributed by atoms with E-state index in [1.165, 1.54) is 11.4 Å². The molecule has 0 radical (unpaired) electrons. The molecule has 0 amide bonds. The van der Waals surface area contributed by atoms with Gasteiger partial charge in [0.15, 0.2) is 0 Å². The summed E-state index contributed by atoms with van der Waals surface area (Å²) >= 11 is 0. The average molecular weight is 214 g/mol. The number of methoxy groups -OCH3 is 1. The number of hydrogen-bond donors (Lipinski definition) is 0. The standard InChI is InChI=1S/C13H14N2O/c1-16-12-4-2-3-10(7-12)11-8-13-14-5-6-15(13)9-11/h2-7,11H,8-9H2,1H3. The van der Waals surface area contributed by atoms with E-state index >= 15 is 0 Å². The molecule has 0 saturated heterocycles. The van der Waals surface area contributed by atoms with Crippen molar-refractivity contribution in [2.24, 2.45) is 0 Å². The molecule has 0 spiro atoms. The molecule has 1 unspecified atom stereocenters. The summed E-state index contributed by atoms with van der Waals surface area (Å²) in [6, 6.07) is 8.32. The molecule has 1 aliphatic rings. The molecule has 16 heavy (non-hydrogen) atoms. The van der Waals surface area contributed by atoms with Gasteiger partial charge in [-0.2, -0.15) is 0 Å². The Morgan fingerprint density at radius 1 is 1.44 bits per heavy atom. The van der Waals surface area contributed by atoms with Crippen LogP contribution in [0.4, 0.5) is 0 Å². The first-order valence-corrected chi connectivity index (χ1v) is 5.51. The highest BCUT2D eigenvalue weighted by atomic mass is 16.5. The highest BCUT2D eigenvalue weighted by Crippen LogP contribution is 2.30. The number of ether oxygens (including phenoxy) is 1. The largest absolute Gasteiger partial charge is 0.497 e. The zero-order chi connectivity index (χ0) is 11.0. The fourth-order valence-corrected chi connectivity index (χ4v) is 2.34. The van der Waals surface area contributed by atoms with E-state index in [0.717, 1.165) is 18.7 Å². The topological polar surface area (TPSA) is 27.1 Å². The van der Waals surface area contributed by atoms with Gasteiger partial charge in [0.05, 0.1) is 7.11 Å². The maximum absolute atomic E-state index is 5.25. The van der Waals surface area contributed by atoms with Crippen LogP contribution in [-0.4, -0.2) is 16.7 Å². The molecule has 2 heterocycles. The molecular weight excluding hydrogens is 200 g/mol. The first kappa shape index (κ1) is 9.46. The summed E-state index contributed by atoms with van der Waals surface area (Å²) < 4.78 is 7.48. The van der Waals surface area contributed by atoms with E-state index in [2.05, 4.69) is 33.9 Å². The van der Waals surface area contributed by atoms with Crippen LogP contribution in [0.3, 0.4) is 0 Å². The van der Waals surface area contributed by atoms with Gasteiger partial charge in [0, 0.05) is 31.3 Å². The molecule has 1 aromatic heterocycles. The van der Waals surface area contributed by atoms with Gasteiger partial charge >= 0.3 is 0 Å². The van der Waals surface area contributed by atoms with Crippen LogP contribution in [0.25, 0.3) is 0 Å². The van der Waals surface area contributed by atoms with Crippen LogP contribution in [-0.2, 0) is 13.0 Å². The lowest BCUT2D eigenvalue weighted by atomic mass is 9.98. The Balaban J connectivity index is 1.87. The van der Waals surface area contributed by atoms with Crippen LogP contribution in [0.15, 0.2) is 36.7 Å². The molecule has 3 rings (SSSR count). The van der Waals surface area contributed by atoms with Crippen LogP contribution in [0.5, 0.6) is 5.75 Å². The Hall–Kier alpha value is -1.77. The van der Waals surface area contributed by atoms with Crippen molar-refractivity contribution >= 4 is 0 Å². The summed E-state index contributed by atoms with van der Waals surface area (Å²) in [6.07, 6.45) is 4.95. The van der Waals surface area contributed by atoms with Crippen molar-refractivity contribution < 1.29 is 4.74 Å². The zero-order valence-electron chi connectivity index (χ0n) is 9.26. The molecule has 1 atom stereocenters. The average Bonchev–Trinajstić information content (AvgIpc) is 2.89. The minimum absolute atomic E-state index is 0.541. The lowest BCUT2D eigenvalue weighted by Crippen LogP contribution is -2.00. The van der Waals surface area contributed by atoms with Gasteiger partial charge in [-0.15, -0.1) is 0 Å². The van der Waals surface area contributed by atoms with Crippen molar-refractivity contribution in [3.63, 3.8) is 0 Å². The normalized spacial score (nSPS) is 18.4. The van der Waals surface area contributed by atoms with E-state index in [0.29, 0.717) is 5.92 Å². The molecule has 82 valence electrons. The minimum Gasteiger partial charge on any atom is -0.497 e. The lowest BCUT2D eigenvalue weighted by molar-refractivity contribution is 0.413. The fourth-order valence-electron chi connectivity index (χ4n) is 2.34. The SMILES string of the molecule is COc1cccc(C2Cc3nccn3C2)c1. The van der Waals surface area contributed by atoms with Crippen LogP contribution in [0.2, 0.25) is 0 Å². The molecule has 0 saturated carbocycles. The Bertz CT molecular complexity index is 484. The third kappa shape index (κ3) is 1.48. The summed E-state index contributed by atoms with van der Waals surface area (Å²) in [4.78, 5) is 4.35. The summed E-state index contributed by atoms with van der Waals surface area (Å²) in [5.74, 6) is 2.66. The van der Waals surface area contributed by atoms with Crippen molar-refractivity contribution in [3.05, 3.63) is 48.0 Å². The first-order valence-electron chi connectivity index (χ1n) is 5.51. The smallest absolute Gasteiger partial charge is 0.119 e. The van der Waals surface area contributed by atoms with Gasteiger partial charge in [0.2, 0.25) is 0 Å². The third-order valence-electron chi connectivity index (χ3n) is 3.21. The first-order chi connectivity index (χ1) is 7.86. The van der Waals surface area contributed by atoms with Crippen LogP contribution >= 0.6 is 0 Å².